The lowest BCUT2D eigenvalue weighted by atomic mass is 9.95. The molecule has 0 amide bonds. The van der Waals surface area contributed by atoms with Crippen LogP contribution in [-0.2, 0) is 11.2 Å². The van der Waals surface area contributed by atoms with Crippen molar-refractivity contribution in [1.29, 1.82) is 0 Å². The van der Waals surface area contributed by atoms with Gasteiger partial charge in [-0.05, 0) is 29.3 Å². The average Bonchev–Trinajstić information content (AvgIpc) is 2.72. The number of fused-ring (bicyclic) bond motifs is 1. The van der Waals surface area contributed by atoms with Gasteiger partial charge in [-0.15, -0.1) is 0 Å². The van der Waals surface area contributed by atoms with Gasteiger partial charge in [0.25, 0.3) is 0 Å². The predicted octanol–water partition coefficient (Wildman–Crippen LogP) is 3.53. The number of benzene rings is 2. The van der Waals surface area contributed by atoms with E-state index in [1.165, 1.54) is 0 Å². The van der Waals surface area contributed by atoms with Crippen LogP contribution >= 0.6 is 0 Å². The minimum absolute atomic E-state index is 0.0420. The van der Waals surface area contributed by atoms with Gasteiger partial charge < -0.3 is 9.47 Å². The molecular weight excluding hydrogens is 276 g/mol. The lowest BCUT2D eigenvalue weighted by Crippen LogP contribution is -2.10. The van der Waals surface area contributed by atoms with Crippen LogP contribution in [0, 0.1) is 0 Å². The number of ketones is 1. The molecule has 0 bridgehead atoms. The van der Waals surface area contributed by atoms with E-state index in [0.29, 0.717) is 12.0 Å². The van der Waals surface area contributed by atoms with Crippen molar-refractivity contribution in [2.45, 2.75) is 12.5 Å². The molecule has 2 aromatic rings. The lowest BCUT2D eigenvalue weighted by Gasteiger charge is -2.10. The third-order valence-electron chi connectivity index (χ3n) is 3.98. The van der Waals surface area contributed by atoms with E-state index in [1.807, 2.05) is 54.6 Å². The summed E-state index contributed by atoms with van der Waals surface area (Å²) in [5.41, 5.74) is 3.34. The van der Waals surface area contributed by atoms with Crippen molar-refractivity contribution in [2.75, 3.05) is 14.2 Å². The van der Waals surface area contributed by atoms with Gasteiger partial charge in [-0.1, -0.05) is 36.4 Å². The van der Waals surface area contributed by atoms with Gasteiger partial charge in [0.05, 0.1) is 13.2 Å². The van der Waals surface area contributed by atoms with Gasteiger partial charge in [0, 0.05) is 24.7 Å². The molecule has 0 saturated carbocycles. The molecule has 3 nitrogen and oxygen atoms in total. The summed E-state index contributed by atoms with van der Waals surface area (Å²) in [6, 6.07) is 15.3. The van der Waals surface area contributed by atoms with Gasteiger partial charge in [-0.25, -0.2) is 0 Å². The number of rotatable bonds is 3. The summed E-state index contributed by atoms with van der Waals surface area (Å²) in [6.45, 7) is 0. The number of carbonyl (C=O) groups excluding carboxylic acids is 1. The van der Waals surface area contributed by atoms with Gasteiger partial charge in [-0.3, -0.25) is 4.79 Å². The Morgan fingerprint density at radius 1 is 1.00 bits per heavy atom. The smallest absolute Gasteiger partial charge is 0.193 e. The van der Waals surface area contributed by atoms with Crippen LogP contribution < -0.4 is 4.74 Å². The minimum atomic E-state index is -0.107. The number of hydrogen-bond donors (Lipinski definition) is 0. The summed E-state index contributed by atoms with van der Waals surface area (Å²) in [4.78, 5) is 12.9. The van der Waals surface area contributed by atoms with Crippen LogP contribution in [0.3, 0.4) is 0 Å². The van der Waals surface area contributed by atoms with Crippen molar-refractivity contribution in [3.05, 3.63) is 71.3 Å². The predicted molar refractivity (Wildman–Crippen MR) is 86.2 cm³/mol. The van der Waals surface area contributed by atoms with Crippen LogP contribution in [-0.4, -0.2) is 26.1 Å². The molecular formula is C19H18O3. The second-order valence-electron chi connectivity index (χ2n) is 5.27. The van der Waals surface area contributed by atoms with E-state index in [1.54, 1.807) is 14.2 Å². The summed E-state index contributed by atoms with van der Waals surface area (Å²) < 4.78 is 10.7. The van der Waals surface area contributed by atoms with Crippen molar-refractivity contribution >= 4 is 11.4 Å². The van der Waals surface area contributed by atoms with Gasteiger partial charge in [0.15, 0.2) is 5.78 Å². The molecule has 1 unspecified atom stereocenters. The SMILES string of the molecule is COc1ccc(C2=CC(OC)Cc3ccccc3C2=O)cc1. The molecule has 1 atom stereocenters. The summed E-state index contributed by atoms with van der Waals surface area (Å²) in [5.74, 6) is 0.814. The monoisotopic (exact) mass is 294 g/mol. The standard InChI is InChI=1S/C19H18O3/c1-21-15-9-7-13(8-10-15)18-12-16(22-2)11-14-5-3-4-6-17(14)19(18)20/h3-10,12,16H,11H2,1-2H3. The summed E-state index contributed by atoms with van der Waals surface area (Å²) in [5, 5.41) is 0. The maximum Gasteiger partial charge on any atom is 0.193 e. The fourth-order valence-corrected chi connectivity index (χ4v) is 2.75. The second-order valence-corrected chi connectivity index (χ2v) is 5.27. The first kappa shape index (κ1) is 14.5. The minimum Gasteiger partial charge on any atom is -0.497 e. The maximum atomic E-state index is 12.9. The van der Waals surface area contributed by atoms with Crippen LogP contribution in [0.25, 0.3) is 5.57 Å². The Morgan fingerprint density at radius 2 is 1.73 bits per heavy atom. The Morgan fingerprint density at radius 3 is 2.41 bits per heavy atom. The molecule has 0 N–H and O–H groups in total. The van der Waals surface area contributed by atoms with Crippen LogP contribution in [0.15, 0.2) is 54.6 Å². The fourth-order valence-electron chi connectivity index (χ4n) is 2.75. The number of hydrogen-bond acceptors (Lipinski definition) is 3. The second kappa shape index (κ2) is 6.16. The van der Waals surface area contributed by atoms with Crippen molar-refractivity contribution < 1.29 is 14.3 Å². The van der Waals surface area contributed by atoms with Gasteiger partial charge in [0.1, 0.15) is 5.75 Å². The third-order valence-corrected chi connectivity index (χ3v) is 3.98. The molecule has 0 heterocycles. The Kier molecular flexibility index (Phi) is 4.07. The molecule has 0 aromatic heterocycles. The lowest BCUT2D eigenvalue weighted by molar-refractivity contribution is 0.105. The van der Waals surface area contributed by atoms with Crippen molar-refractivity contribution in [2.24, 2.45) is 0 Å². The van der Waals surface area contributed by atoms with E-state index >= 15 is 0 Å². The third kappa shape index (κ3) is 2.68. The normalized spacial score (nSPS) is 17.5. The van der Waals surface area contributed by atoms with Crippen LogP contribution in [0.5, 0.6) is 5.75 Å². The zero-order valence-corrected chi connectivity index (χ0v) is 12.7. The average molecular weight is 294 g/mol. The topological polar surface area (TPSA) is 35.5 Å². The highest BCUT2D eigenvalue weighted by Crippen LogP contribution is 2.28. The van der Waals surface area contributed by atoms with E-state index in [0.717, 1.165) is 22.4 Å². The van der Waals surface area contributed by atoms with E-state index < -0.39 is 0 Å². The zero-order chi connectivity index (χ0) is 15.5. The molecule has 0 spiro atoms. The molecule has 0 aliphatic heterocycles. The molecule has 0 saturated heterocycles. The number of carbonyl (C=O) groups is 1. The maximum absolute atomic E-state index is 12.9. The van der Waals surface area contributed by atoms with Crippen LogP contribution in [0.4, 0.5) is 0 Å². The fraction of sp³-hybridized carbons (Fsp3) is 0.211. The Bertz CT molecular complexity index is 714. The zero-order valence-electron chi connectivity index (χ0n) is 12.7. The van der Waals surface area contributed by atoms with Crippen LogP contribution in [0.1, 0.15) is 21.5 Å². The number of Topliss-reactive ketones (excluding diaryl/α,β-unsaturated/α-hetero) is 1. The summed E-state index contributed by atoms with van der Waals surface area (Å²) in [7, 11) is 3.30. The van der Waals surface area contributed by atoms with E-state index in [9.17, 15) is 4.79 Å². The first-order chi connectivity index (χ1) is 10.7. The summed E-state index contributed by atoms with van der Waals surface area (Å²) in [6.07, 6.45) is 2.52. The molecule has 2 aromatic carbocycles. The molecule has 1 aliphatic carbocycles. The molecule has 112 valence electrons. The molecule has 22 heavy (non-hydrogen) atoms. The number of allylic oxidation sites excluding steroid dienone is 1. The molecule has 1 aliphatic rings. The van der Waals surface area contributed by atoms with Gasteiger partial charge >= 0.3 is 0 Å². The highest BCUT2D eigenvalue weighted by molar-refractivity contribution is 6.29. The van der Waals surface area contributed by atoms with E-state index in [-0.39, 0.29) is 11.9 Å². The molecule has 3 rings (SSSR count). The Balaban J connectivity index is 2.08. The van der Waals surface area contributed by atoms with E-state index in [4.69, 9.17) is 9.47 Å². The number of ether oxygens (including phenoxy) is 2. The Hall–Kier alpha value is -2.39. The molecule has 0 fully saturated rings. The van der Waals surface area contributed by atoms with Crippen molar-refractivity contribution in [3.8, 4) is 5.75 Å². The Labute approximate surface area is 130 Å². The molecule has 3 heteroatoms. The van der Waals surface area contributed by atoms with Crippen molar-refractivity contribution in [3.63, 3.8) is 0 Å². The highest BCUT2D eigenvalue weighted by Gasteiger charge is 2.24. The van der Waals surface area contributed by atoms with E-state index in [2.05, 4.69) is 0 Å². The molecule has 0 radical (unpaired) electrons. The number of methoxy groups -OCH3 is 2. The van der Waals surface area contributed by atoms with Gasteiger partial charge in [-0.2, -0.15) is 0 Å². The first-order valence-electron chi connectivity index (χ1n) is 7.24. The van der Waals surface area contributed by atoms with Gasteiger partial charge in [0.2, 0.25) is 0 Å². The van der Waals surface area contributed by atoms with Crippen molar-refractivity contribution in [1.82, 2.24) is 0 Å². The first-order valence-corrected chi connectivity index (χ1v) is 7.24. The van der Waals surface area contributed by atoms with Crippen LogP contribution in [0.2, 0.25) is 0 Å². The largest absolute Gasteiger partial charge is 0.497 e. The highest BCUT2D eigenvalue weighted by atomic mass is 16.5. The summed E-state index contributed by atoms with van der Waals surface area (Å²) >= 11 is 0. The quantitative estimate of drug-likeness (QED) is 0.868.